The Hall–Kier alpha value is -1.13. The Morgan fingerprint density at radius 2 is 2.35 bits per heavy atom. The van der Waals surface area contributed by atoms with Crippen molar-refractivity contribution in [1.82, 2.24) is 9.88 Å². The lowest BCUT2D eigenvalue weighted by Crippen LogP contribution is -2.43. The van der Waals surface area contributed by atoms with Gasteiger partial charge in [-0.1, -0.05) is 13.0 Å². The van der Waals surface area contributed by atoms with E-state index in [2.05, 4.69) is 16.8 Å². The van der Waals surface area contributed by atoms with Crippen LogP contribution in [-0.2, 0) is 11.3 Å². The maximum Gasteiger partial charge on any atom is 0.123 e. The average Bonchev–Trinajstić information content (AvgIpc) is 2.32. The van der Waals surface area contributed by atoms with E-state index in [0.717, 1.165) is 25.3 Å². The molecule has 0 bridgehead atoms. The number of nitrogens with two attached hydrogens (primary N) is 1. The highest BCUT2D eigenvalue weighted by molar-refractivity contribution is 5.28. The number of anilines is 1. The zero-order valence-electron chi connectivity index (χ0n) is 10.6. The average molecular weight is 235 g/mol. The van der Waals surface area contributed by atoms with Crippen molar-refractivity contribution in [3.05, 3.63) is 23.9 Å². The van der Waals surface area contributed by atoms with E-state index in [4.69, 9.17) is 10.5 Å². The largest absolute Gasteiger partial charge is 0.384 e. The molecule has 1 saturated heterocycles. The molecule has 0 aromatic carbocycles. The molecule has 17 heavy (non-hydrogen) atoms. The van der Waals surface area contributed by atoms with Gasteiger partial charge in [-0.2, -0.15) is 0 Å². The van der Waals surface area contributed by atoms with Crippen LogP contribution in [0.25, 0.3) is 0 Å². The van der Waals surface area contributed by atoms with Gasteiger partial charge >= 0.3 is 0 Å². The number of piperidine rings is 1. The molecule has 2 heterocycles. The molecule has 0 amide bonds. The number of methoxy groups -OCH3 is 1. The molecule has 2 rings (SSSR count). The van der Waals surface area contributed by atoms with Crippen molar-refractivity contribution in [1.29, 1.82) is 0 Å². The summed E-state index contributed by atoms with van der Waals surface area (Å²) in [4.78, 5) is 6.72. The second kappa shape index (κ2) is 5.47. The molecule has 94 valence electrons. The second-order valence-corrected chi connectivity index (χ2v) is 4.83. The van der Waals surface area contributed by atoms with Gasteiger partial charge in [0.1, 0.15) is 5.82 Å². The summed E-state index contributed by atoms with van der Waals surface area (Å²) >= 11 is 0. The van der Waals surface area contributed by atoms with Crippen molar-refractivity contribution in [2.24, 2.45) is 5.92 Å². The summed E-state index contributed by atoms with van der Waals surface area (Å²) < 4.78 is 5.51. The molecule has 1 aromatic rings. The first-order chi connectivity index (χ1) is 8.19. The first kappa shape index (κ1) is 12.3. The number of likely N-dealkylation sites (tertiary alicyclic amines) is 1. The lowest BCUT2D eigenvalue weighted by Gasteiger charge is -2.35. The van der Waals surface area contributed by atoms with Crippen LogP contribution in [0.5, 0.6) is 0 Å². The number of hydrogen-bond acceptors (Lipinski definition) is 4. The van der Waals surface area contributed by atoms with Gasteiger partial charge in [0.15, 0.2) is 0 Å². The normalized spacial score (nSPS) is 26.0. The van der Waals surface area contributed by atoms with Gasteiger partial charge in [-0.15, -0.1) is 0 Å². The van der Waals surface area contributed by atoms with E-state index in [0.29, 0.717) is 17.8 Å². The van der Waals surface area contributed by atoms with Gasteiger partial charge < -0.3 is 10.5 Å². The Labute approximate surface area is 103 Å². The second-order valence-electron chi connectivity index (χ2n) is 4.83. The number of pyridine rings is 1. The van der Waals surface area contributed by atoms with Gasteiger partial charge in [0.25, 0.3) is 0 Å². The number of nitrogens with zero attached hydrogens (tertiary/aromatic N) is 2. The third-order valence-electron chi connectivity index (χ3n) is 3.49. The van der Waals surface area contributed by atoms with Gasteiger partial charge in [0.05, 0.1) is 11.8 Å². The highest BCUT2D eigenvalue weighted by Gasteiger charge is 2.25. The molecule has 2 unspecified atom stereocenters. The van der Waals surface area contributed by atoms with Crippen LogP contribution >= 0.6 is 0 Å². The van der Waals surface area contributed by atoms with Gasteiger partial charge in [0, 0.05) is 20.2 Å². The van der Waals surface area contributed by atoms with Crippen molar-refractivity contribution in [2.75, 3.05) is 25.9 Å². The van der Waals surface area contributed by atoms with Gasteiger partial charge in [-0.05, 0) is 31.0 Å². The van der Waals surface area contributed by atoms with Crippen molar-refractivity contribution >= 4 is 5.82 Å². The van der Waals surface area contributed by atoms with Crippen LogP contribution in [0.4, 0.5) is 5.82 Å². The van der Waals surface area contributed by atoms with Crippen LogP contribution in [0.2, 0.25) is 0 Å². The van der Waals surface area contributed by atoms with Gasteiger partial charge in [-0.3, -0.25) is 4.90 Å². The number of aromatic nitrogens is 1. The maximum absolute atomic E-state index is 5.68. The predicted molar refractivity (Wildman–Crippen MR) is 68.5 cm³/mol. The van der Waals surface area contributed by atoms with E-state index in [-0.39, 0.29) is 0 Å². The summed E-state index contributed by atoms with van der Waals surface area (Å²) in [5.74, 6) is 1.24. The van der Waals surface area contributed by atoms with Gasteiger partial charge in [0.2, 0.25) is 0 Å². The minimum atomic E-state index is 0.338. The molecule has 0 aliphatic carbocycles. The summed E-state index contributed by atoms with van der Waals surface area (Å²) in [5.41, 5.74) is 6.72. The molecule has 0 saturated carbocycles. The number of nitrogen functional groups attached to an aromatic ring is 1. The Morgan fingerprint density at radius 3 is 3.06 bits per heavy atom. The molecule has 2 N–H and O–H groups in total. The minimum absolute atomic E-state index is 0.338. The summed E-state index contributed by atoms with van der Waals surface area (Å²) in [5, 5.41) is 0. The number of hydrogen-bond donors (Lipinski definition) is 1. The first-order valence-electron chi connectivity index (χ1n) is 6.15. The fraction of sp³-hybridized carbons (Fsp3) is 0.615. The van der Waals surface area contributed by atoms with Crippen LogP contribution in [0.3, 0.4) is 0 Å². The molecule has 1 fully saturated rings. The highest BCUT2D eigenvalue weighted by atomic mass is 16.5. The molecule has 1 aliphatic heterocycles. The lowest BCUT2D eigenvalue weighted by molar-refractivity contribution is -0.00777. The molecule has 0 spiro atoms. The minimum Gasteiger partial charge on any atom is -0.384 e. The van der Waals surface area contributed by atoms with E-state index in [1.54, 1.807) is 7.11 Å². The maximum atomic E-state index is 5.68. The van der Waals surface area contributed by atoms with Crippen LogP contribution < -0.4 is 5.73 Å². The molecular weight excluding hydrogens is 214 g/mol. The third kappa shape index (κ3) is 3.17. The van der Waals surface area contributed by atoms with E-state index in [1.165, 1.54) is 6.42 Å². The summed E-state index contributed by atoms with van der Waals surface area (Å²) in [6.45, 7) is 5.20. The smallest absolute Gasteiger partial charge is 0.123 e. The Kier molecular flexibility index (Phi) is 3.97. The van der Waals surface area contributed by atoms with Crippen LogP contribution in [0.15, 0.2) is 18.2 Å². The summed E-state index contributed by atoms with van der Waals surface area (Å²) in [6.07, 6.45) is 1.52. The number of ether oxygens (including phenoxy) is 1. The van der Waals surface area contributed by atoms with Crippen molar-refractivity contribution in [3.8, 4) is 0 Å². The Morgan fingerprint density at radius 1 is 1.53 bits per heavy atom. The van der Waals surface area contributed by atoms with E-state index in [9.17, 15) is 0 Å². The Bertz CT molecular complexity index is 369. The molecule has 4 heteroatoms. The third-order valence-corrected chi connectivity index (χ3v) is 3.49. The monoisotopic (exact) mass is 235 g/mol. The van der Waals surface area contributed by atoms with E-state index < -0.39 is 0 Å². The van der Waals surface area contributed by atoms with Gasteiger partial charge in [-0.25, -0.2) is 4.98 Å². The lowest BCUT2D eigenvalue weighted by atomic mass is 9.96. The van der Waals surface area contributed by atoms with E-state index >= 15 is 0 Å². The van der Waals surface area contributed by atoms with Crippen LogP contribution in [-0.4, -0.2) is 36.2 Å². The van der Waals surface area contributed by atoms with Crippen molar-refractivity contribution in [2.45, 2.75) is 26.0 Å². The number of rotatable bonds is 3. The summed E-state index contributed by atoms with van der Waals surface area (Å²) in [6, 6.07) is 5.80. The Balaban J connectivity index is 1.95. The predicted octanol–water partition coefficient (Wildman–Crippen LogP) is 1.52. The zero-order valence-corrected chi connectivity index (χ0v) is 10.6. The standard InChI is InChI=1S/C13H21N3O/c1-10-6-7-16(9-12(10)17-2)8-11-4-3-5-13(14)15-11/h3-5,10,12H,6-9H2,1-2H3,(H2,14,15). The van der Waals surface area contributed by atoms with Crippen molar-refractivity contribution in [3.63, 3.8) is 0 Å². The van der Waals surface area contributed by atoms with E-state index in [1.807, 2.05) is 18.2 Å². The SMILES string of the molecule is COC1CN(Cc2cccc(N)n2)CCC1C. The molecule has 4 nitrogen and oxygen atoms in total. The van der Waals surface area contributed by atoms with Crippen LogP contribution in [0, 0.1) is 5.92 Å². The molecule has 1 aromatic heterocycles. The highest BCUT2D eigenvalue weighted by Crippen LogP contribution is 2.20. The fourth-order valence-electron chi connectivity index (χ4n) is 2.36. The fourth-order valence-corrected chi connectivity index (χ4v) is 2.36. The quantitative estimate of drug-likeness (QED) is 0.863. The molecule has 1 aliphatic rings. The molecule has 2 atom stereocenters. The zero-order chi connectivity index (χ0) is 12.3. The topological polar surface area (TPSA) is 51.4 Å². The first-order valence-corrected chi connectivity index (χ1v) is 6.15. The summed E-state index contributed by atoms with van der Waals surface area (Å²) in [7, 11) is 1.80. The molecule has 0 radical (unpaired) electrons. The molecular formula is C13H21N3O. The van der Waals surface area contributed by atoms with Crippen molar-refractivity contribution < 1.29 is 4.74 Å². The van der Waals surface area contributed by atoms with Crippen LogP contribution in [0.1, 0.15) is 19.0 Å².